The predicted molar refractivity (Wildman–Crippen MR) is 74.8 cm³/mol. The molecule has 0 saturated heterocycles. The summed E-state index contributed by atoms with van der Waals surface area (Å²) in [7, 11) is 5.40. The molecule has 19 heavy (non-hydrogen) atoms. The molecule has 0 unspecified atom stereocenters. The normalized spacial score (nSPS) is 11.5. The number of hydrogen-bond donors (Lipinski definition) is 0. The highest BCUT2D eigenvalue weighted by molar-refractivity contribution is 6.60. The van der Waals surface area contributed by atoms with E-state index in [1.54, 1.807) is 35.5 Å². The minimum absolute atomic E-state index is 0.565. The summed E-state index contributed by atoms with van der Waals surface area (Å²) in [5, 5.41) is 0. The fraction of sp³-hybridized carbons (Fsp3) is 0.538. The lowest BCUT2D eigenvalue weighted by atomic mass is 10.1. The van der Waals surface area contributed by atoms with Crippen LogP contribution in [-0.2, 0) is 19.3 Å². The van der Waals surface area contributed by atoms with Gasteiger partial charge in [0.05, 0.1) is 14.2 Å². The Morgan fingerprint density at radius 2 is 1.47 bits per heavy atom. The van der Waals surface area contributed by atoms with Crippen LogP contribution in [0.5, 0.6) is 11.5 Å². The number of methoxy groups -OCH3 is 2. The Balaban J connectivity index is 3.18. The highest BCUT2D eigenvalue weighted by Crippen LogP contribution is 2.30. The highest BCUT2D eigenvalue weighted by atomic mass is 28.4. The van der Waals surface area contributed by atoms with Crippen LogP contribution in [0.2, 0.25) is 0 Å². The van der Waals surface area contributed by atoms with Crippen molar-refractivity contribution in [1.82, 2.24) is 0 Å². The van der Waals surface area contributed by atoms with E-state index in [0.29, 0.717) is 6.04 Å². The maximum absolute atomic E-state index is 5.46. The van der Waals surface area contributed by atoms with Gasteiger partial charge < -0.3 is 22.8 Å². The molecule has 1 aromatic rings. The van der Waals surface area contributed by atoms with Gasteiger partial charge in [-0.3, -0.25) is 0 Å². The highest BCUT2D eigenvalue weighted by Gasteiger charge is 2.38. The van der Waals surface area contributed by atoms with E-state index in [-0.39, 0.29) is 0 Å². The average Bonchev–Trinajstić information content (AvgIpc) is 2.46. The van der Waals surface area contributed by atoms with Gasteiger partial charge in [-0.2, -0.15) is 0 Å². The van der Waals surface area contributed by atoms with Crippen molar-refractivity contribution in [2.24, 2.45) is 0 Å². The van der Waals surface area contributed by atoms with Gasteiger partial charge in [0, 0.05) is 33.4 Å². The smallest absolute Gasteiger partial charge is 0.497 e. The van der Waals surface area contributed by atoms with Crippen LogP contribution in [0.15, 0.2) is 12.1 Å². The van der Waals surface area contributed by atoms with Crippen molar-refractivity contribution in [3.05, 3.63) is 23.3 Å². The van der Waals surface area contributed by atoms with Gasteiger partial charge in [0.25, 0.3) is 0 Å². The average molecular weight is 286 g/mol. The standard InChI is InChI=1S/C13H22O5Si/c1-10-11(9-19(16-4,17-5)18-6)7-12(14-2)8-13(10)15-3/h7-8H,9H2,1-6H3. The monoisotopic (exact) mass is 286 g/mol. The largest absolute Gasteiger partial charge is 0.504 e. The number of ether oxygens (including phenoxy) is 2. The first-order chi connectivity index (χ1) is 9.05. The van der Waals surface area contributed by atoms with Crippen molar-refractivity contribution in [3.8, 4) is 11.5 Å². The zero-order chi connectivity index (χ0) is 14.5. The van der Waals surface area contributed by atoms with Gasteiger partial charge in [-0.1, -0.05) is 0 Å². The van der Waals surface area contributed by atoms with Crippen molar-refractivity contribution in [1.29, 1.82) is 0 Å². The zero-order valence-electron chi connectivity index (χ0n) is 12.4. The Morgan fingerprint density at radius 3 is 1.89 bits per heavy atom. The molecule has 0 spiro atoms. The van der Waals surface area contributed by atoms with Crippen LogP contribution in [0.25, 0.3) is 0 Å². The summed E-state index contributed by atoms with van der Waals surface area (Å²) >= 11 is 0. The fourth-order valence-corrected chi connectivity index (χ4v) is 3.70. The Labute approximate surface area is 115 Å². The van der Waals surface area contributed by atoms with Gasteiger partial charge in [0.1, 0.15) is 11.5 Å². The molecule has 5 nitrogen and oxygen atoms in total. The summed E-state index contributed by atoms with van der Waals surface area (Å²) in [4.78, 5) is 0. The first kappa shape index (κ1) is 16.0. The second-order valence-corrected chi connectivity index (χ2v) is 7.03. The van der Waals surface area contributed by atoms with Crippen LogP contribution < -0.4 is 9.47 Å². The van der Waals surface area contributed by atoms with Gasteiger partial charge in [0.2, 0.25) is 0 Å². The molecule has 0 N–H and O–H groups in total. The Bertz CT molecular complexity index is 409. The van der Waals surface area contributed by atoms with E-state index in [2.05, 4.69) is 0 Å². The van der Waals surface area contributed by atoms with E-state index in [1.165, 1.54) is 0 Å². The van der Waals surface area contributed by atoms with Crippen molar-refractivity contribution in [2.45, 2.75) is 13.0 Å². The molecule has 0 atom stereocenters. The number of benzene rings is 1. The lowest BCUT2D eigenvalue weighted by molar-refractivity contribution is 0.122. The maximum Gasteiger partial charge on any atom is 0.504 e. The summed E-state index contributed by atoms with van der Waals surface area (Å²) in [6.07, 6.45) is 0. The Kier molecular flexibility index (Phi) is 5.80. The van der Waals surface area contributed by atoms with Gasteiger partial charge in [-0.15, -0.1) is 0 Å². The lowest BCUT2D eigenvalue weighted by Gasteiger charge is -2.25. The topological polar surface area (TPSA) is 46.2 Å². The van der Waals surface area contributed by atoms with Crippen molar-refractivity contribution >= 4 is 8.80 Å². The van der Waals surface area contributed by atoms with Crippen LogP contribution in [-0.4, -0.2) is 44.4 Å². The molecule has 0 fully saturated rings. The quantitative estimate of drug-likeness (QED) is 0.717. The third-order valence-electron chi connectivity index (χ3n) is 3.24. The molecular formula is C13H22O5Si. The Hall–Kier alpha value is -1.08. The van der Waals surface area contributed by atoms with E-state index < -0.39 is 8.80 Å². The molecule has 0 bridgehead atoms. The molecule has 0 aliphatic carbocycles. The second kappa shape index (κ2) is 6.90. The fourth-order valence-electron chi connectivity index (χ4n) is 1.93. The number of hydrogen-bond acceptors (Lipinski definition) is 5. The molecule has 1 aromatic carbocycles. The maximum atomic E-state index is 5.46. The molecule has 0 radical (unpaired) electrons. The van der Waals surface area contributed by atoms with E-state index in [1.807, 2.05) is 19.1 Å². The third-order valence-corrected chi connectivity index (χ3v) is 5.92. The van der Waals surface area contributed by atoms with E-state index in [9.17, 15) is 0 Å². The summed E-state index contributed by atoms with van der Waals surface area (Å²) in [5.41, 5.74) is 2.07. The van der Waals surface area contributed by atoms with Crippen molar-refractivity contribution < 1.29 is 22.8 Å². The molecular weight excluding hydrogens is 264 g/mol. The van der Waals surface area contributed by atoms with Crippen molar-refractivity contribution in [2.75, 3.05) is 35.5 Å². The van der Waals surface area contributed by atoms with Crippen LogP contribution in [0.1, 0.15) is 11.1 Å². The summed E-state index contributed by atoms with van der Waals surface area (Å²) < 4.78 is 27.0. The molecule has 0 aliphatic heterocycles. The molecule has 1 rings (SSSR count). The van der Waals surface area contributed by atoms with Crippen LogP contribution in [0.4, 0.5) is 0 Å². The van der Waals surface area contributed by atoms with E-state index in [4.69, 9.17) is 22.8 Å². The van der Waals surface area contributed by atoms with E-state index >= 15 is 0 Å². The third kappa shape index (κ3) is 3.47. The van der Waals surface area contributed by atoms with Gasteiger partial charge >= 0.3 is 8.80 Å². The predicted octanol–water partition coefficient (Wildman–Crippen LogP) is 1.97. The molecule has 0 aromatic heterocycles. The Morgan fingerprint density at radius 1 is 0.895 bits per heavy atom. The van der Waals surface area contributed by atoms with Crippen LogP contribution >= 0.6 is 0 Å². The summed E-state index contributed by atoms with van der Waals surface area (Å²) in [6, 6.07) is 4.38. The summed E-state index contributed by atoms with van der Waals surface area (Å²) in [5.74, 6) is 1.52. The molecule has 0 amide bonds. The van der Waals surface area contributed by atoms with Gasteiger partial charge in [-0.25, -0.2) is 0 Å². The van der Waals surface area contributed by atoms with Crippen LogP contribution in [0.3, 0.4) is 0 Å². The first-order valence-electron chi connectivity index (χ1n) is 5.92. The zero-order valence-corrected chi connectivity index (χ0v) is 13.4. The first-order valence-corrected chi connectivity index (χ1v) is 7.86. The minimum Gasteiger partial charge on any atom is -0.497 e. The molecule has 108 valence electrons. The summed E-state index contributed by atoms with van der Waals surface area (Å²) in [6.45, 7) is 1.99. The molecule has 0 heterocycles. The SMILES string of the molecule is COc1cc(C[Si](OC)(OC)OC)c(C)c(OC)c1. The van der Waals surface area contributed by atoms with Crippen LogP contribution in [0, 0.1) is 6.92 Å². The van der Waals surface area contributed by atoms with Gasteiger partial charge in [0.15, 0.2) is 0 Å². The van der Waals surface area contributed by atoms with Gasteiger partial charge in [-0.05, 0) is 24.1 Å². The molecule has 0 aliphatic rings. The molecule has 6 heteroatoms. The molecule has 0 saturated carbocycles. The minimum atomic E-state index is -2.67. The lowest BCUT2D eigenvalue weighted by Crippen LogP contribution is -2.45. The van der Waals surface area contributed by atoms with Crippen molar-refractivity contribution in [3.63, 3.8) is 0 Å². The second-order valence-electron chi connectivity index (χ2n) is 4.09. The van der Waals surface area contributed by atoms with E-state index in [0.717, 1.165) is 22.6 Å². The number of rotatable bonds is 7.